The number of hydrogen-bond donors (Lipinski definition) is 4. The van der Waals surface area contributed by atoms with Gasteiger partial charge in [0.15, 0.2) is 0 Å². The van der Waals surface area contributed by atoms with Crippen LogP contribution in [0.3, 0.4) is 0 Å². The maximum absolute atomic E-state index is 14.6. The van der Waals surface area contributed by atoms with Gasteiger partial charge in [-0.1, -0.05) is 97.4 Å². The van der Waals surface area contributed by atoms with E-state index in [4.69, 9.17) is 9.47 Å². The van der Waals surface area contributed by atoms with E-state index in [2.05, 4.69) is 28.9 Å². The number of hydrogen-bond acceptors (Lipinski definition) is 9. The molecule has 1 heterocycles. The number of aliphatic hydroxyl groups is 1. The van der Waals surface area contributed by atoms with Crippen LogP contribution in [0.25, 0.3) is 0 Å². The van der Waals surface area contributed by atoms with E-state index >= 15 is 0 Å². The molecule has 0 radical (unpaired) electrons. The lowest BCUT2D eigenvalue weighted by Crippen LogP contribution is -2.60. The van der Waals surface area contributed by atoms with Gasteiger partial charge in [-0.25, -0.2) is 0 Å². The summed E-state index contributed by atoms with van der Waals surface area (Å²) in [6.45, 7) is 16.6. The number of amides is 4. The Labute approximate surface area is 360 Å². The van der Waals surface area contributed by atoms with Crippen LogP contribution >= 0.6 is 0 Å². The first-order valence-electron chi connectivity index (χ1n) is 21.8. The molecule has 0 aromatic heterocycles. The van der Waals surface area contributed by atoms with Gasteiger partial charge in [0, 0.05) is 47.1 Å². The average Bonchev–Trinajstić information content (AvgIpc) is 3.71. The lowest BCUT2D eigenvalue weighted by molar-refractivity contribution is -0.148. The number of nitrogens with zero attached hydrogens (tertiary/aromatic N) is 3. The van der Waals surface area contributed by atoms with Crippen molar-refractivity contribution in [2.45, 2.75) is 136 Å². The fourth-order valence-electron chi connectivity index (χ4n) is 8.87. The van der Waals surface area contributed by atoms with Gasteiger partial charge in [0.05, 0.1) is 54.8 Å². The van der Waals surface area contributed by atoms with Gasteiger partial charge in [-0.05, 0) is 67.8 Å². The molecule has 60 heavy (non-hydrogen) atoms. The van der Waals surface area contributed by atoms with Crippen LogP contribution in [0.5, 0.6) is 0 Å². The van der Waals surface area contributed by atoms with Crippen LogP contribution in [0, 0.1) is 23.7 Å². The van der Waals surface area contributed by atoms with Gasteiger partial charge in [-0.3, -0.25) is 24.1 Å². The zero-order valence-electron chi connectivity index (χ0n) is 38.6. The predicted octanol–water partition coefficient (Wildman–Crippen LogP) is 5.48. The van der Waals surface area contributed by atoms with E-state index in [-0.39, 0.29) is 53.8 Å². The Morgan fingerprint density at radius 3 is 2.12 bits per heavy atom. The van der Waals surface area contributed by atoms with Gasteiger partial charge in [0.25, 0.3) is 0 Å². The van der Waals surface area contributed by atoms with E-state index < -0.39 is 48.4 Å². The minimum absolute atomic E-state index is 0.0185. The zero-order valence-corrected chi connectivity index (χ0v) is 38.6. The monoisotopic (exact) mass is 837 g/mol. The van der Waals surface area contributed by atoms with Gasteiger partial charge in [0.1, 0.15) is 6.04 Å². The SMILES string of the molecule is CC[C@H](C)[C@@H]([C@@H](CC(=O)N1CCC[C@H]1[C@H](OC)[C@@H](C)C(=O)N[C@H](C)[C@@H](O)c1ccccc1)OC)N(C)C(=O)[C@@H](NC(=O)[C@H](C(C)C)N(C)Cc1cccc(NC)c1)C(C)C. The molecule has 4 amide bonds. The van der Waals surface area contributed by atoms with Crippen molar-refractivity contribution in [1.29, 1.82) is 0 Å². The first-order chi connectivity index (χ1) is 28.4. The van der Waals surface area contributed by atoms with Crippen molar-refractivity contribution in [3.8, 4) is 0 Å². The van der Waals surface area contributed by atoms with Crippen LogP contribution in [-0.4, -0.2) is 128 Å². The highest BCUT2D eigenvalue weighted by atomic mass is 16.5. The highest BCUT2D eigenvalue weighted by Gasteiger charge is 2.43. The van der Waals surface area contributed by atoms with Crippen molar-refractivity contribution in [3.05, 3.63) is 65.7 Å². The van der Waals surface area contributed by atoms with Crippen molar-refractivity contribution in [1.82, 2.24) is 25.3 Å². The van der Waals surface area contributed by atoms with E-state index in [0.29, 0.717) is 25.1 Å². The Morgan fingerprint density at radius 2 is 1.55 bits per heavy atom. The summed E-state index contributed by atoms with van der Waals surface area (Å²) in [5.74, 6) is -1.76. The van der Waals surface area contributed by atoms with Gasteiger partial charge in [0.2, 0.25) is 23.6 Å². The maximum Gasteiger partial charge on any atom is 0.245 e. The number of likely N-dealkylation sites (N-methyl/N-ethyl adjacent to an activating group) is 2. The largest absolute Gasteiger partial charge is 0.388 e. The standard InChI is InChI=1S/C47H76N6O7/c1-14-31(6)42(52(11)47(58)40(29(2)3)50-46(57)41(30(4)5)51(10)28-34-20-18-23-36(26-34)48-9)38(59-12)27-39(54)53-25-19-24-37(53)44(60-13)32(7)45(56)49-33(8)43(55)35-21-16-15-17-22-35/h15-18,20-23,26,29-33,37-38,40-44,48,55H,14,19,24-25,27-28H2,1-13H3,(H,49,56)(H,50,57)/t31-,32+,33+,37-,38+,40-,41-,42-,43+,44+/m0/s1. The van der Waals surface area contributed by atoms with E-state index in [1.54, 1.807) is 44.9 Å². The second-order valence-corrected chi connectivity index (χ2v) is 17.5. The van der Waals surface area contributed by atoms with E-state index in [1.807, 2.05) is 102 Å². The smallest absolute Gasteiger partial charge is 0.245 e. The topological polar surface area (TPSA) is 153 Å². The number of benzene rings is 2. The number of carbonyl (C=O) groups is 4. The van der Waals surface area contributed by atoms with Crippen LogP contribution in [0.4, 0.5) is 5.69 Å². The molecule has 3 rings (SSSR count). The maximum atomic E-state index is 14.6. The average molecular weight is 837 g/mol. The Kier molecular flexibility index (Phi) is 20.0. The first kappa shape index (κ1) is 50.3. The lowest BCUT2D eigenvalue weighted by atomic mass is 9.89. The summed E-state index contributed by atoms with van der Waals surface area (Å²) in [4.78, 5) is 62.0. The van der Waals surface area contributed by atoms with E-state index in [9.17, 15) is 24.3 Å². The Bertz CT molecular complexity index is 1660. The molecule has 336 valence electrons. The quantitative estimate of drug-likeness (QED) is 0.114. The third kappa shape index (κ3) is 13.0. The zero-order chi connectivity index (χ0) is 44.8. The summed E-state index contributed by atoms with van der Waals surface area (Å²) >= 11 is 0. The van der Waals surface area contributed by atoms with Gasteiger partial charge >= 0.3 is 0 Å². The Hall–Kier alpha value is -4.04. The van der Waals surface area contributed by atoms with Crippen LogP contribution in [0.2, 0.25) is 0 Å². The molecule has 4 N–H and O–H groups in total. The van der Waals surface area contributed by atoms with Gasteiger partial charge in [-0.2, -0.15) is 0 Å². The molecule has 2 aromatic carbocycles. The molecule has 10 atom stereocenters. The van der Waals surface area contributed by atoms with Crippen molar-refractivity contribution < 1.29 is 33.8 Å². The second-order valence-electron chi connectivity index (χ2n) is 17.5. The van der Waals surface area contributed by atoms with Crippen LogP contribution < -0.4 is 16.0 Å². The highest BCUT2D eigenvalue weighted by molar-refractivity contribution is 5.90. The summed E-state index contributed by atoms with van der Waals surface area (Å²) in [6.07, 6.45) is 0.0525. The number of ether oxygens (including phenoxy) is 2. The third-order valence-electron chi connectivity index (χ3n) is 12.5. The molecule has 0 spiro atoms. The summed E-state index contributed by atoms with van der Waals surface area (Å²) in [6, 6.07) is 14.6. The Balaban J connectivity index is 1.77. The highest BCUT2D eigenvalue weighted by Crippen LogP contribution is 2.30. The number of nitrogens with one attached hydrogen (secondary N) is 3. The van der Waals surface area contributed by atoms with Gasteiger partial charge < -0.3 is 40.3 Å². The summed E-state index contributed by atoms with van der Waals surface area (Å²) in [7, 11) is 8.68. The number of anilines is 1. The molecule has 0 aliphatic carbocycles. The molecule has 2 aromatic rings. The third-order valence-corrected chi connectivity index (χ3v) is 12.5. The number of aliphatic hydroxyl groups excluding tert-OH is 1. The minimum atomic E-state index is -0.884. The van der Waals surface area contributed by atoms with Gasteiger partial charge in [-0.15, -0.1) is 0 Å². The molecule has 1 aliphatic rings. The van der Waals surface area contributed by atoms with Crippen LogP contribution in [-0.2, 0) is 35.2 Å². The molecule has 13 nitrogen and oxygen atoms in total. The van der Waals surface area contributed by atoms with Crippen molar-refractivity contribution in [3.63, 3.8) is 0 Å². The van der Waals surface area contributed by atoms with Crippen LogP contribution in [0.1, 0.15) is 98.3 Å². The fraction of sp³-hybridized carbons (Fsp3) is 0.660. The first-order valence-corrected chi connectivity index (χ1v) is 21.8. The van der Waals surface area contributed by atoms with E-state index in [1.165, 1.54) is 0 Å². The normalized spacial score (nSPS) is 18.9. The van der Waals surface area contributed by atoms with Crippen molar-refractivity contribution in [2.24, 2.45) is 23.7 Å². The Morgan fingerprint density at radius 1 is 0.883 bits per heavy atom. The fourth-order valence-corrected chi connectivity index (χ4v) is 8.87. The molecule has 1 fully saturated rings. The molecule has 1 aliphatic heterocycles. The summed E-state index contributed by atoms with van der Waals surface area (Å²) in [5, 5.41) is 20.1. The predicted molar refractivity (Wildman–Crippen MR) is 238 cm³/mol. The molecule has 0 bridgehead atoms. The lowest BCUT2D eigenvalue weighted by Gasteiger charge is -2.41. The molecule has 1 saturated heterocycles. The molecular weight excluding hydrogens is 761 g/mol. The van der Waals surface area contributed by atoms with Crippen LogP contribution in [0.15, 0.2) is 54.6 Å². The number of rotatable bonds is 23. The van der Waals surface area contributed by atoms with E-state index in [0.717, 1.165) is 24.1 Å². The number of likely N-dealkylation sites (tertiary alicyclic amines) is 1. The molecular formula is C47H76N6O7. The molecule has 13 heteroatoms. The second kappa shape index (κ2) is 23.8. The summed E-state index contributed by atoms with van der Waals surface area (Å²) < 4.78 is 12.0. The number of methoxy groups -OCH3 is 2. The molecule has 0 unspecified atom stereocenters. The number of carbonyl (C=O) groups excluding carboxylic acids is 4. The minimum Gasteiger partial charge on any atom is -0.388 e. The molecule has 0 saturated carbocycles. The van der Waals surface area contributed by atoms with Crippen molar-refractivity contribution in [2.75, 3.05) is 47.2 Å². The summed E-state index contributed by atoms with van der Waals surface area (Å²) in [5.41, 5.74) is 2.77. The van der Waals surface area contributed by atoms with Crippen molar-refractivity contribution >= 4 is 29.3 Å².